The molecule has 1 heterocycles. The highest BCUT2D eigenvalue weighted by Gasteiger charge is 2.51. The molecule has 8 heteroatoms. The summed E-state index contributed by atoms with van der Waals surface area (Å²) in [6, 6.07) is 1.79. The van der Waals surface area contributed by atoms with Gasteiger partial charge in [0.1, 0.15) is 0 Å². The lowest BCUT2D eigenvalue weighted by Crippen LogP contribution is -2.56. The van der Waals surface area contributed by atoms with Gasteiger partial charge in [-0.3, -0.25) is 9.69 Å². The van der Waals surface area contributed by atoms with Gasteiger partial charge in [0, 0.05) is 26.2 Å². The van der Waals surface area contributed by atoms with Gasteiger partial charge in [-0.25, -0.2) is 8.78 Å². The van der Waals surface area contributed by atoms with Crippen LogP contribution in [0.2, 0.25) is 0 Å². The first-order valence-corrected chi connectivity index (χ1v) is 6.43. The maximum absolute atomic E-state index is 13.0. The molecule has 1 amide bonds. The second kappa shape index (κ2) is 6.88. The number of rotatable bonds is 5. The molecule has 1 fully saturated rings. The summed E-state index contributed by atoms with van der Waals surface area (Å²) >= 11 is 0. The number of hydrogen-bond donors (Lipinski definition) is 0. The van der Waals surface area contributed by atoms with E-state index in [9.17, 15) is 22.4 Å². The summed E-state index contributed by atoms with van der Waals surface area (Å²) in [7, 11) is 0. The molecule has 0 spiro atoms. The number of carbonyl (C=O) groups excluding carboxylic acids is 1. The number of alkyl halides is 4. The number of carbonyl (C=O) groups is 1. The van der Waals surface area contributed by atoms with E-state index in [1.54, 1.807) is 4.90 Å². The van der Waals surface area contributed by atoms with Gasteiger partial charge in [-0.2, -0.15) is 14.0 Å². The largest absolute Gasteiger partial charge is 0.383 e. The van der Waals surface area contributed by atoms with Gasteiger partial charge in [-0.15, -0.1) is 0 Å². The molecule has 0 bridgehead atoms. The maximum atomic E-state index is 13.0. The average Bonchev–Trinajstić information content (AvgIpc) is 2.44. The van der Waals surface area contributed by atoms with E-state index in [4.69, 9.17) is 5.26 Å². The van der Waals surface area contributed by atoms with E-state index < -0.39 is 18.3 Å². The van der Waals surface area contributed by atoms with E-state index in [2.05, 4.69) is 6.07 Å². The molecule has 0 aromatic carbocycles. The Kier molecular flexibility index (Phi) is 5.74. The summed E-state index contributed by atoms with van der Waals surface area (Å²) in [6.07, 6.45) is -2.54. The Hall–Kier alpha value is -1.36. The molecular formula is C12H17F4N3O. The van der Waals surface area contributed by atoms with Crippen LogP contribution in [0.15, 0.2) is 0 Å². The first kappa shape index (κ1) is 16.7. The number of halogens is 4. The monoisotopic (exact) mass is 295 g/mol. The summed E-state index contributed by atoms with van der Waals surface area (Å²) < 4.78 is 50.2. The zero-order valence-electron chi connectivity index (χ0n) is 11.2. The molecule has 4 nitrogen and oxygen atoms in total. The van der Waals surface area contributed by atoms with E-state index in [-0.39, 0.29) is 32.2 Å². The van der Waals surface area contributed by atoms with Crippen molar-refractivity contribution in [2.24, 2.45) is 0 Å². The molecule has 0 radical (unpaired) electrons. The van der Waals surface area contributed by atoms with Crippen LogP contribution in [0.1, 0.15) is 19.8 Å². The number of amides is 1. The van der Waals surface area contributed by atoms with Crippen LogP contribution in [0.25, 0.3) is 0 Å². The van der Waals surface area contributed by atoms with Gasteiger partial charge < -0.3 is 4.90 Å². The third-order valence-corrected chi connectivity index (χ3v) is 3.31. The normalized spacial score (nSPS) is 18.9. The molecule has 1 atom stereocenters. The highest BCUT2D eigenvalue weighted by molar-refractivity contribution is 5.84. The molecule has 0 aliphatic carbocycles. The first-order chi connectivity index (χ1) is 9.34. The predicted octanol–water partition coefficient (Wildman–Crippen LogP) is 1.72. The predicted molar refractivity (Wildman–Crippen MR) is 63.4 cm³/mol. The van der Waals surface area contributed by atoms with Crippen molar-refractivity contribution in [2.45, 2.75) is 38.2 Å². The van der Waals surface area contributed by atoms with E-state index >= 15 is 0 Å². The standard InChI is InChI=1S/C12H17F4N3O/c1-2-3-9(8-17)18-4-6-19(7-5-18)11(20)12(15,16)10(13)14/h9-10H,2-7H2,1H3. The second-order valence-corrected chi connectivity index (χ2v) is 4.69. The van der Waals surface area contributed by atoms with Crippen molar-refractivity contribution < 1.29 is 22.4 Å². The SMILES string of the molecule is CCCC(C#N)N1CCN(C(=O)C(F)(F)C(F)F)CC1. The van der Waals surface area contributed by atoms with Crippen molar-refractivity contribution in [1.29, 1.82) is 5.26 Å². The van der Waals surface area contributed by atoms with Crippen LogP contribution in [0.4, 0.5) is 17.6 Å². The number of nitrogens with zero attached hydrogens (tertiary/aromatic N) is 3. The van der Waals surface area contributed by atoms with Gasteiger partial charge in [-0.05, 0) is 6.42 Å². The lowest BCUT2D eigenvalue weighted by atomic mass is 10.1. The first-order valence-electron chi connectivity index (χ1n) is 6.43. The maximum Gasteiger partial charge on any atom is 0.383 e. The lowest BCUT2D eigenvalue weighted by Gasteiger charge is -2.37. The molecule has 1 aliphatic rings. The molecule has 20 heavy (non-hydrogen) atoms. The van der Waals surface area contributed by atoms with Crippen molar-refractivity contribution in [2.75, 3.05) is 26.2 Å². The molecule has 1 aliphatic heterocycles. The third kappa shape index (κ3) is 3.60. The van der Waals surface area contributed by atoms with Crippen LogP contribution in [0, 0.1) is 11.3 Å². The van der Waals surface area contributed by atoms with Gasteiger partial charge >= 0.3 is 12.3 Å². The molecule has 114 valence electrons. The fourth-order valence-electron chi connectivity index (χ4n) is 2.14. The van der Waals surface area contributed by atoms with Crippen LogP contribution < -0.4 is 0 Å². The molecule has 0 aromatic heterocycles. The van der Waals surface area contributed by atoms with E-state index in [1.165, 1.54) is 0 Å². The van der Waals surface area contributed by atoms with Crippen molar-refractivity contribution >= 4 is 5.91 Å². The Bertz CT molecular complexity index is 375. The summed E-state index contributed by atoms with van der Waals surface area (Å²) in [6.45, 7) is 2.27. The Morgan fingerprint density at radius 3 is 2.25 bits per heavy atom. The van der Waals surface area contributed by atoms with E-state index in [0.29, 0.717) is 6.42 Å². The Labute approximate surface area is 114 Å². The van der Waals surface area contributed by atoms with Crippen LogP contribution in [-0.4, -0.2) is 60.3 Å². The zero-order chi connectivity index (χ0) is 15.3. The van der Waals surface area contributed by atoms with Crippen LogP contribution in [0.3, 0.4) is 0 Å². The fourth-order valence-corrected chi connectivity index (χ4v) is 2.14. The van der Waals surface area contributed by atoms with Gasteiger partial charge in [0.25, 0.3) is 5.91 Å². The number of piperazine rings is 1. The van der Waals surface area contributed by atoms with Crippen molar-refractivity contribution in [3.05, 3.63) is 0 Å². The molecule has 1 rings (SSSR count). The van der Waals surface area contributed by atoms with Gasteiger partial charge in [0.15, 0.2) is 0 Å². The molecule has 1 unspecified atom stereocenters. The van der Waals surface area contributed by atoms with Crippen LogP contribution in [0.5, 0.6) is 0 Å². The lowest BCUT2D eigenvalue weighted by molar-refractivity contribution is -0.182. The Morgan fingerprint density at radius 2 is 1.85 bits per heavy atom. The fraction of sp³-hybridized carbons (Fsp3) is 0.833. The van der Waals surface area contributed by atoms with Crippen molar-refractivity contribution in [1.82, 2.24) is 9.80 Å². The van der Waals surface area contributed by atoms with Crippen molar-refractivity contribution in [3.63, 3.8) is 0 Å². The average molecular weight is 295 g/mol. The molecule has 0 N–H and O–H groups in total. The smallest absolute Gasteiger partial charge is 0.335 e. The minimum Gasteiger partial charge on any atom is -0.335 e. The van der Waals surface area contributed by atoms with Gasteiger partial charge in [-0.1, -0.05) is 13.3 Å². The minimum absolute atomic E-state index is 0.0664. The van der Waals surface area contributed by atoms with Gasteiger partial charge in [0.05, 0.1) is 12.1 Å². The summed E-state index contributed by atoms with van der Waals surface area (Å²) in [5.74, 6) is -6.48. The highest BCUT2D eigenvalue weighted by atomic mass is 19.3. The van der Waals surface area contributed by atoms with E-state index in [0.717, 1.165) is 11.3 Å². The summed E-state index contributed by atoms with van der Waals surface area (Å²) in [5.41, 5.74) is 0. The summed E-state index contributed by atoms with van der Waals surface area (Å²) in [5, 5.41) is 9.00. The molecule has 1 saturated heterocycles. The Morgan fingerprint density at radius 1 is 1.30 bits per heavy atom. The zero-order valence-corrected chi connectivity index (χ0v) is 11.2. The molecule has 0 aromatic rings. The topological polar surface area (TPSA) is 47.3 Å². The quantitative estimate of drug-likeness (QED) is 0.726. The second-order valence-electron chi connectivity index (χ2n) is 4.69. The van der Waals surface area contributed by atoms with Crippen molar-refractivity contribution in [3.8, 4) is 6.07 Å². The summed E-state index contributed by atoms with van der Waals surface area (Å²) in [4.78, 5) is 13.9. The number of nitriles is 1. The molecular weight excluding hydrogens is 278 g/mol. The minimum atomic E-state index is -4.64. The van der Waals surface area contributed by atoms with Gasteiger partial charge in [0.2, 0.25) is 0 Å². The van der Waals surface area contributed by atoms with Crippen LogP contribution >= 0.6 is 0 Å². The Balaban J connectivity index is 2.58. The molecule has 0 saturated carbocycles. The van der Waals surface area contributed by atoms with E-state index in [1.807, 2.05) is 6.92 Å². The number of hydrogen-bond acceptors (Lipinski definition) is 3. The third-order valence-electron chi connectivity index (χ3n) is 3.31. The van der Waals surface area contributed by atoms with Crippen LogP contribution in [-0.2, 0) is 4.79 Å². The highest BCUT2D eigenvalue weighted by Crippen LogP contribution is 2.26.